The molecule has 4 heteroatoms. The number of hydrogen-bond donors (Lipinski definition) is 1. The van der Waals surface area contributed by atoms with Crippen LogP contribution in [0.25, 0.3) is 0 Å². The van der Waals surface area contributed by atoms with E-state index in [-0.39, 0.29) is 11.5 Å². The van der Waals surface area contributed by atoms with Crippen LogP contribution in [0.3, 0.4) is 0 Å². The van der Waals surface area contributed by atoms with Crippen LogP contribution in [0.15, 0.2) is 34.9 Å². The lowest BCUT2D eigenvalue weighted by Gasteiger charge is -2.10. The van der Waals surface area contributed by atoms with Crippen LogP contribution in [0.5, 0.6) is 0 Å². The number of nitrogens with two attached hydrogens (primary N) is 1. The quantitative estimate of drug-likeness (QED) is 0.876. The third kappa shape index (κ3) is 1.65. The minimum absolute atomic E-state index is 0.0299. The van der Waals surface area contributed by atoms with Crippen LogP contribution in [0, 0.1) is 0 Å². The van der Waals surface area contributed by atoms with Gasteiger partial charge in [0.05, 0.1) is 11.5 Å². The lowest BCUT2D eigenvalue weighted by Crippen LogP contribution is -2.11. The van der Waals surface area contributed by atoms with Crippen LogP contribution in [0.1, 0.15) is 43.1 Å². The summed E-state index contributed by atoms with van der Waals surface area (Å²) < 4.78 is 5.19. The smallest absolute Gasteiger partial charge is 0.243 e. The van der Waals surface area contributed by atoms with Gasteiger partial charge in [-0.25, -0.2) is 0 Å². The highest BCUT2D eigenvalue weighted by Gasteiger charge is 2.49. The van der Waals surface area contributed by atoms with E-state index in [9.17, 15) is 0 Å². The lowest BCUT2D eigenvalue weighted by atomic mass is 9.95. The highest BCUT2D eigenvalue weighted by atomic mass is 16.5. The molecule has 0 amide bonds. The van der Waals surface area contributed by atoms with E-state index in [1.807, 2.05) is 25.1 Å². The van der Waals surface area contributed by atoms with Crippen LogP contribution < -0.4 is 5.73 Å². The zero-order valence-electron chi connectivity index (χ0n) is 9.76. The van der Waals surface area contributed by atoms with E-state index in [0.717, 1.165) is 18.7 Å². The summed E-state index contributed by atoms with van der Waals surface area (Å²) in [6.07, 6.45) is 2.16. The Labute approximate surface area is 99.8 Å². The molecule has 1 aliphatic carbocycles. The average Bonchev–Trinajstić information content (AvgIpc) is 3.00. The number of rotatable bonds is 3. The molecule has 1 heterocycles. The zero-order chi connectivity index (χ0) is 11.9. The van der Waals surface area contributed by atoms with E-state index >= 15 is 0 Å². The van der Waals surface area contributed by atoms with Gasteiger partial charge in [0, 0.05) is 0 Å². The second-order valence-electron chi connectivity index (χ2n) is 4.69. The summed E-state index contributed by atoms with van der Waals surface area (Å²) in [5.74, 6) is 1.29. The Morgan fingerprint density at radius 1 is 1.29 bits per heavy atom. The normalized spacial score (nSPS) is 18.9. The van der Waals surface area contributed by atoms with Crippen molar-refractivity contribution < 1.29 is 4.52 Å². The summed E-state index contributed by atoms with van der Waals surface area (Å²) in [5.41, 5.74) is 6.96. The van der Waals surface area contributed by atoms with Gasteiger partial charge in [-0.1, -0.05) is 35.5 Å². The molecule has 0 bridgehead atoms. The minimum atomic E-state index is -0.206. The summed E-state index contributed by atoms with van der Waals surface area (Å²) in [6.45, 7) is 1.85. The van der Waals surface area contributed by atoms with E-state index in [2.05, 4.69) is 22.3 Å². The molecule has 1 saturated carbocycles. The van der Waals surface area contributed by atoms with Crippen LogP contribution in [-0.4, -0.2) is 10.1 Å². The first kappa shape index (κ1) is 10.5. The van der Waals surface area contributed by atoms with Crippen molar-refractivity contribution in [3.63, 3.8) is 0 Å². The summed E-state index contributed by atoms with van der Waals surface area (Å²) >= 11 is 0. The van der Waals surface area contributed by atoms with Crippen molar-refractivity contribution in [1.29, 1.82) is 0 Å². The summed E-state index contributed by atoms with van der Waals surface area (Å²) in [4.78, 5) is 4.42. The Hall–Kier alpha value is -1.68. The maximum absolute atomic E-state index is 5.73. The molecule has 0 unspecified atom stereocenters. The summed E-state index contributed by atoms with van der Waals surface area (Å²) in [6, 6.07) is 10.1. The predicted octanol–water partition coefficient (Wildman–Crippen LogP) is 2.17. The van der Waals surface area contributed by atoms with Crippen molar-refractivity contribution in [2.45, 2.75) is 31.2 Å². The maximum Gasteiger partial charge on any atom is 0.243 e. The Kier molecular flexibility index (Phi) is 2.26. The second-order valence-corrected chi connectivity index (χ2v) is 4.69. The van der Waals surface area contributed by atoms with Crippen LogP contribution in [0.2, 0.25) is 0 Å². The molecule has 2 aromatic rings. The summed E-state index contributed by atoms with van der Waals surface area (Å²) in [7, 11) is 0. The van der Waals surface area contributed by atoms with Gasteiger partial charge in [0.15, 0.2) is 5.82 Å². The standard InChI is InChI=1S/C13H15N3O/c1-9(14)11-15-12(16-17-11)13(7-8-13)10-5-3-2-4-6-10/h2-6,9H,7-8,14H2,1H3/t9-/m1/s1. The molecule has 0 saturated heterocycles. The second kappa shape index (κ2) is 3.67. The molecule has 3 rings (SSSR count). The van der Waals surface area contributed by atoms with Crippen LogP contribution in [0.4, 0.5) is 0 Å². The number of hydrogen-bond acceptors (Lipinski definition) is 4. The first-order chi connectivity index (χ1) is 8.22. The largest absolute Gasteiger partial charge is 0.338 e. The Morgan fingerprint density at radius 3 is 2.53 bits per heavy atom. The van der Waals surface area contributed by atoms with Gasteiger partial charge in [0.2, 0.25) is 5.89 Å². The molecule has 1 atom stereocenters. The fraction of sp³-hybridized carbons (Fsp3) is 0.385. The van der Waals surface area contributed by atoms with Crippen LogP contribution in [-0.2, 0) is 5.41 Å². The Morgan fingerprint density at radius 2 is 2.00 bits per heavy atom. The monoisotopic (exact) mass is 229 g/mol. The molecular formula is C13H15N3O. The van der Waals surface area contributed by atoms with E-state index in [4.69, 9.17) is 10.3 Å². The van der Waals surface area contributed by atoms with Crippen molar-refractivity contribution in [2.24, 2.45) is 5.73 Å². The summed E-state index contributed by atoms with van der Waals surface area (Å²) in [5, 5.41) is 4.08. The molecule has 0 spiro atoms. The number of nitrogens with zero attached hydrogens (tertiary/aromatic N) is 2. The van der Waals surface area contributed by atoms with E-state index in [1.165, 1.54) is 5.56 Å². The zero-order valence-corrected chi connectivity index (χ0v) is 9.76. The van der Waals surface area contributed by atoms with Gasteiger partial charge < -0.3 is 10.3 Å². The molecule has 4 nitrogen and oxygen atoms in total. The maximum atomic E-state index is 5.73. The topological polar surface area (TPSA) is 64.9 Å². The molecule has 1 fully saturated rings. The van der Waals surface area contributed by atoms with Gasteiger partial charge in [0.1, 0.15) is 0 Å². The molecule has 1 aliphatic rings. The van der Waals surface area contributed by atoms with E-state index < -0.39 is 0 Å². The first-order valence-electron chi connectivity index (χ1n) is 5.87. The van der Waals surface area contributed by atoms with Crippen LogP contribution >= 0.6 is 0 Å². The Bertz CT molecular complexity index is 514. The van der Waals surface area contributed by atoms with Gasteiger partial charge in [-0.05, 0) is 25.3 Å². The number of aromatic nitrogens is 2. The van der Waals surface area contributed by atoms with Crippen molar-refractivity contribution in [3.8, 4) is 0 Å². The van der Waals surface area contributed by atoms with Crippen molar-refractivity contribution in [1.82, 2.24) is 10.1 Å². The van der Waals surface area contributed by atoms with Crippen molar-refractivity contribution >= 4 is 0 Å². The lowest BCUT2D eigenvalue weighted by molar-refractivity contribution is 0.355. The SMILES string of the molecule is C[C@@H](N)c1nc(C2(c3ccccc3)CC2)no1. The molecule has 0 radical (unpaired) electrons. The molecular weight excluding hydrogens is 214 g/mol. The van der Waals surface area contributed by atoms with Crippen molar-refractivity contribution in [2.75, 3.05) is 0 Å². The van der Waals surface area contributed by atoms with E-state index in [0.29, 0.717) is 5.89 Å². The predicted molar refractivity (Wildman–Crippen MR) is 63.4 cm³/mol. The van der Waals surface area contributed by atoms with Gasteiger partial charge in [-0.2, -0.15) is 4.98 Å². The molecule has 17 heavy (non-hydrogen) atoms. The van der Waals surface area contributed by atoms with Gasteiger partial charge >= 0.3 is 0 Å². The van der Waals surface area contributed by atoms with E-state index in [1.54, 1.807) is 0 Å². The Balaban J connectivity index is 1.98. The third-order valence-corrected chi connectivity index (χ3v) is 3.34. The molecule has 0 aliphatic heterocycles. The number of benzene rings is 1. The highest BCUT2D eigenvalue weighted by Crippen LogP contribution is 2.52. The molecule has 88 valence electrons. The van der Waals surface area contributed by atoms with Gasteiger partial charge in [-0.15, -0.1) is 0 Å². The third-order valence-electron chi connectivity index (χ3n) is 3.34. The highest BCUT2D eigenvalue weighted by molar-refractivity contribution is 5.38. The van der Waals surface area contributed by atoms with Crippen molar-refractivity contribution in [3.05, 3.63) is 47.6 Å². The van der Waals surface area contributed by atoms with Gasteiger partial charge in [0.25, 0.3) is 0 Å². The fourth-order valence-electron chi connectivity index (χ4n) is 2.14. The molecule has 1 aromatic heterocycles. The van der Waals surface area contributed by atoms with Gasteiger partial charge in [-0.3, -0.25) is 0 Å². The molecule has 2 N–H and O–H groups in total. The fourth-order valence-corrected chi connectivity index (χ4v) is 2.14. The average molecular weight is 229 g/mol. The first-order valence-corrected chi connectivity index (χ1v) is 5.87. The molecule has 1 aromatic carbocycles. The minimum Gasteiger partial charge on any atom is -0.338 e.